The molecule has 0 spiro atoms. The van der Waals surface area contributed by atoms with Gasteiger partial charge in [0.1, 0.15) is 0 Å². The maximum absolute atomic E-state index is 12.1. The van der Waals surface area contributed by atoms with Crippen LogP contribution in [-0.4, -0.2) is 35.6 Å². The van der Waals surface area contributed by atoms with Crippen molar-refractivity contribution in [3.05, 3.63) is 23.8 Å². The zero-order valence-electron chi connectivity index (χ0n) is 11.0. The number of carbonyl (C=O) groups is 1. The number of allylic oxidation sites excluding steroid dienone is 2. The van der Waals surface area contributed by atoms with Gasteiger partial charge in [-0.15, -0.1) is 0 Å². The molecule has 1 aliphatic carbocycles. The van der Waals surface area contributed by atoms with Gasteiger partial charge in [-0.1, -0.05) is 25.2 Å². The van der Waals surface area contributed by atoms with E-state index in [4.69, 9.17) is 5.11 Å². The zero-order valence-corrected chi connectivity index (χ0v) is 11.0. The van der Waals surface area contributed by atoms with Gasteiger partial charge in [-0.2, -0.15) is 0 Å². The molecule has 1 N–H and O–H groups in total. The Balaban J connectivity index is 0.000000686. The number of aliphatic hydroxyl groups excluding tert-OH is 1. The molecule has 1 amide bonds. The van der Waals surface area contributed by atoms with Crippen molar-refractivity contribution < 1.29 is 9.90 Å². The van der Waals surface area contributed by atoms with Crippen molar-refractivity contribution in [1.82, 2.24) is 4.90 Å². The van der Waals surface area contributed by atoms with Crippen molar-refractivity contribution in [2.45, 2.75) is 39.2 Å². The van der Waals surface area contributed by atoms with Crippen LogP contribution in [0.1, 0.15) is 33.1 Å². The van der Waals surface area contributed by atoms with Crippen LogP contribution in [0, 0.1) is 5.92 Å². The zero-order chi connectivity index (χ0) is 12.8. The lowest BCUT2D eigenvalue weighted by atomic mass is 9.98. The van der Waals surface area contributed by atoms with E-state index in [1.165, 1.54) is 0 Å². The molecule has 0 bridgehead atoms. The molecule has 96 valence electrons. The van der Waals surface area contributed by atoms with Gasteiger partial charge in [0, 0.05) is 25.3 Å². The van der Waals surface area contributed by atoms with E-state index < -0.39 is 0 Å². The highest BCUT2D eigenvalue weighted by atomic mass is 16.2. The van der Waals surface area contributed by atoms with E-state index in [-0.39, 0.29) is 5.91 Å². The highest BCUT2D eigenvalue weighted by Gasteiger charge is 2.26. The molecular weight excluding hydrogens is 214 g/mol. The average molecular weight is 237 g/mol. The molecule has 0 aromatic heterocycles. The first-order valence-electron chi connectivity index (χ1n) is 6.32. The van der Waals surface area contributed by atoms with Gasteiger partial charge in [-0.05, 0) is 32.1 Å². The number of likely N-dealkylation sites (tertiary alicyclic amines) is 1. The first-order valence-corrected chi connectivity index (χ1v) is 6.32. The Kier molecular flexibility index (Phi) is 5.42. The molecule has 2 aliphatic rings. The Morgan fingerprint density at radius 2 is 2.12 bits per heavy atom. The van der Waals surface area contributed by atoms with Gasteiger partial charge < -0.3 is 10.0 Å². The lowest BCUT2D eigenvalue weighted by Gasteiger charge is -2.23. The molecule has 1 saturated heterocycles. The third-order valence-electron chi connectivity index (χ3n) is 3.37. The van der Waals surface area contributed by atoms with Crippen LogP contribution in [0.4, 0.5) is 0 Å². The Morgan fingerprint density at radius 3 is 2.59 bits per heavy atom. The molecule has 0 aromatic rings. The monoisotopic (exact) mass is 237 g/mol. The van der Waals surface area contributed by atoms with E-state index in [2.05, 4.69) is 26.0 Å². The second-order valence-electron chi connectivity index (χ2n) is 4.72. The second kappa shape index (κ2) is 6.60. The summed E-state index contributed by atoms with van der Waals surface area (Å²) in [5.41, 5.74) is 0.891. The SMILES string of the molecule is CC1C=CC(C(=O)N2CCCC2C)=CC1.CO. The molecule has 1 heterocycles. The molecule has 3 heteroatoms. The van der Waals surface area contributed by atoms with E-state index in [0.29, 0.717) is 12.0 Å². The van der Waals surface area contributed by atoms with Gasteiger partial charge >= 0.3 is 0 Å². The standard InChI is InChI=1S/C13H19NO.CH4O/c1-10-5-7-12(8-6-10)13(15)14-9-3-4-11(14)2;1-2/h5,7-8,10-11H,3-4,6,9H2,1-2H3;2H,1H3. The quantitative estimate of drug-likeness (QED) is 0.759. The maximum atomic E-state index is 12.1. The van der Waals surface area contributed by atoms with E-state index in [0.717, 1.165) is 38.5 Å². The van der Waals surface area contributed by atoms with Gasteiger partial charge in [-0.25, -0.2) is 0 Å². The topological polar surface area (TPSA) is 40.5 Å². The number of aliphatic hydroxyl groups is 1. The summed E-state index contributed by atoms with van der Waals surface area (Å²) in [7, 11) is 1.00. The normalized spacial score (nSPS) is 27.3. The van der Waals surface area contributed by atoms with Crippen molar-refractivity contribution in [2.75, 3.05) is 13.7 Å². The maximum Gasteiger partial charge on any atom is 0.253 e. The minimum absolute atomic E-state index is 0.225. The molecule has 3 nitrogen and oxygen atoms in total. The Labute approximate surface area is 104 Å². The third-order valence-corrected chi connectivity index (χ3v) is 3.37. The van der Waals surface area contributed by atoms with Crippen molar-refractivity contribution in [2.24, 2.45) is 5.92 Å². The second-order valence-corrected chi connectivity index (χ2v) is 4.72. The fourth-order valence-corrected chi connectivity index (χ4v) is 2.29. The summed E-state index contributed by atoms with van der Waals surface area (Å²) in [5.74, 6) is 0.806. The summed E-state index contributed by atoms with van der Waals surface area (Å²) in [5, 5.41) is 7.00. The fraction of sp³-hybridized carbons (Fsp3) is 0.643. The van der Waals surface area contributed by atoms with Gasteiger partial charge in [0.15, 0.2) is 0 Å². The van der Waals surface area contributed by atoms with E-state index in [1.54, 1.807) is 0 Å². The van der Waals surface area contributed by atoms with Crippen molar-refractivity contribution in [1.29, 1.82) is 0 Å². The van der Waals surface area contributed by atoms with Gasteiger partial charge in [0.05, 0.1) is 0 Å². The minimum Gasteiger partial charge on any atom is -0.400 e. The molecule has 0 aromatic carbocycles. The molecule has 1 aliphatic heterocycles. The van der Waals surface area contributed by atoms with Crippen LogP contribution in [0.5, 0.6) is 0 Å². The van der Waals surface area contributed by atoms with Crippen molar-refractivity contribution >= 4 is 5.91 Å². The van der Waals surface area contributed by atoms with Crippen LogP contribution in [0.2, 0.25) is 0 Å². The van der Waals surface area contributed by atoms with Crippen LogP contribution in [0.3, 0.4) is 0 Å². The highest BCUT2D eigenvalue weighted by molar-refractivity contribution is 5.96. The molecule has 1 fully saturated rings. The molecule has 2 rings (SSSR count). The summed E-state index contributed by atoms with van der Waals surface area (Å²) in [4.78, 5) is 14.1. The largest absolute Gasteiger partial charge is 0.400 e. The van der Waals surface area contributed by atoms with E-state index in [9.17, 15) is 4.79 Å². The summed E-state index contributed by atoms with van der Waals surface area (Å²) < 4.78 is 0. The molecule has 2 atom stereocenters. The summed E-state index contributed by atoms with van der Waals surface area (Å²) in [6.45, 7) is 5.24. The fourth-order valence-electron chi connectivity index (χ4n) is 2.29. The number of carbonyl (C=O) groups excluding carboxylic acids is 1. The summed E-state index contributed by atoms with van der Waals surface area (Å²) in [6.07, 6.45) is 9.51. The smallest absolute Gasteiger partial charge is 0.253 e. The first kappa shape index (κ1) is 14.0. The van der Waals surface area contributed by atoms with Crippen LogP contribution >= 0.6 is 0 Å². The summed E-state index contributed by atoms with van der Waals surface area (Å²) >= 11 is 0. The number of nitrogens with zero attached hydrogens (tertiary/aromatic N) is 1. The van der Waals surface area contributed by atoms with Crippen molar-refractivity contribution in [3.63, 3.8) is 0 Å². The number of amides is 1. The first-order chi connectivity index (χ1) is 8.18. The molecular formula is C14H23NO2. The lowest BCUT2D eigenvalue weighted by molar-refractivity contribution is -0.127. The Morgan fingerprint density at radius 1 is 1.41 bits per heavy atom. The highest BCUT2D eigenvalue weighted by Crippen LogP contribution is 2.22. The Hall–Kier alpha value is -1.09. The van der Waals surface area contributed by atoms with Gasteiger partial charge in [0.25, 0.3) is 5.91 Å². The van der Waals surface area contributed by atoms with Crippen LogP contribution < -0.4 is 0 Å². The number of hydrogen-bond donors (Lipinski definition) is 1. The summed E-state index contributed by atoms with van der Waals surface area (Å²) in [6, 6.07) is 0.422. The third kappa shape index (κ3) is 3.43. The minimum atomic E-state index is 0.225. The molecule has 0 saturated carbocycles. The van der Waals surface area contributed by atoms with Crippen molar-refractivity contribution in [3.8, 4) is 0 Å². The number of hydrogen-bond acceptors (Lipinski definition) is 2. The lowest BCUT2D eigenvalue weighted by Crippen LogP contribution is -2.34. The van der Waals surface area contributed by atoms with E-state index >= 15 is 0 Å². The van der Waals surface area contributed by atoms with E-state index in [1.807, 2.05) is 11.0 Å². The predicted molar refractivity (Wildman–Crippen MR) is 69.6 cm³/mol. The predicted octanol–water partition coefficient (Wildman–Crippen LogP) is 2.13. The van der Waals surface area contributed by atoms with Gasteiger partial charge in [0.2, 0.25) is 0 Å². The Bertz CT molecular complexity index is 320. The van der Waals surface area contributed by atoms with Crippen LogP contribution in [0.15, 0.2) is 23.8 Å². The molecule has 2 unspecified atom stereocenters. The number of rotatable bonds is 1. The van der Waals surface area contributed by atoms with Crippen LogP contribution in [-0.2, 0) is 4.79 Å². The average Bonchev–Trinajstić information content (AvgIpc) is 2.78. The van der Waals surface area contributed by atoms with Crippen LogP contribution in [0.25, 0.3) is 0 Å². The van der Waals surface area contributed by atoms with Gasteiger partial charge in [-0.3, -0.25) is 4.79 Å². The molecule has 17 heavy (non-hydrogen) atoms. The molecule has 0 radical (unpaired) electrons.